The summed E-state index contributed by atoms with van der Waals surface area (Å²) in [5.41, 5.74) is 0.569. The van der Waals surface area contributed by atoms with E-state index >= 15 is 0 Å². The number of aliphatic hydroxyl groups is 1. The highest BCUT2D eigenvalue weighted by Gasteiger charge is 2.33. The van der Waals surface area contributed by atoms with Gasteiger partial charge in [-0.05, 0) is 54.6 Å². The van der Waals surface area contributed by atoms with Crippen molar-refractivity contribution in [3.05, 3.63) is 77.4 Å². The second kappa shape index (κ2) is 10.7. The Labute approximate surface area is 208 Å². The van der Waals surface area contributed by atoms with Crippen molar-refractivity contribution in [2.24, 2.45) is 0 Å². The molecule has 0 atom stereocenters. The first kappa shape index (κ1) is 25.0. The lowest BCUT2D eigenvalue weighted by atomic mass is 10.2. The maximum absolute atomic E-state index is 13.0. The van der Waals surface area contributed by atoms with Crippen molar-refractivity contribution in [2.75, 3.05) is 29.1 Å². The molecule has 4 aromatic rings. The van der Waals surface area contributed by atoms with Crippen molar-refractivity contribution in [3.63, 3.8) is 0 Å². The Bertz CT molecular complexity index is 1380. The van der Waals surface area contributed by atoms with Crippen LogP contribution in [0.25, 0.3) is 11.0 Å². The maximum Gasteiger partial charge on any atom is 0.417 e. The van der Waals surface area contributed by atoms with Gasteiger partial charge in [0.25, 0.3) is 0 Å². The third-order valence-electron chi connectivity index (χ3n) is 4.81. The summed E-state index contributed by atoms with van der Waals surface area (Å²) in [6, 6.07) is 14.0. The second-order valence-corrected chi connectivity index (χ2v) is 7.86. The lowest BCUT2D eigenvalue weighted by molar-refractivity contribution is -0.137. The number of carbonyl (C=O) groups is 1. The summed E-state index contributed by atoms with van der Waals surface area (Å²) in [6.45, 7) is 0.318. The first-order chi connectivity index (χ1) is 17.2. The molecule has 0 bridgehead atoms. The fourth-order valence-electron chi connectivity index (χ4n) is 3.18. The number of carbonyl (C=O) groups excluding carboxylic acids is 1. The highest BCUT2D eigenvalue weighted by molar-refractivity contribution is 6.31. The zero-order chi connectivity index (χ0) is 25.7. The fraction of sp³-hybridized carbons (Fsp3) is 0.125. The molecule has 0 unspecified atom stereocenters. The SMILES string of the molecule is O=C(Nc1ccc(Oc2ccc3ncc(NCCO)nc3c2)cc1)Nc1ccc(Cl)c(C(F)(F)F)c1. The molecular formula is C24H19ClF3N5O3. The Morgan fingerprint density at radius 2 is 1.64 bits per heavy atom. The van der Waals surface area contributed by atoms with Gasteiger partial charge in [0, 0.05) is 24.0 Å². The minimum absolute atomic E-state index is 0.0322. The Hall–Kier alpha value is -4.09. The lowest BCUT2D eigenvalue weighted by Gasteiger charge is -2.12. The second-order valence-electron chi connectivity index (χ2n) is 7.45. The van der Waals surface area contributed by atoms with Crippen molar-refractivity contribution < 1.29 is 27.8 Å². The number of rotatable bonds is 7. The smallest absolute Gasteiger partial charge is 0.417 e. The molecule has 0 aliphatic heterocycles. The lowest BCUT2D eigenvalue weighted by Crippen LogP contribution is -2.19. The largest absolute Gasteiger partial charge is 0.457 e. The van der Waals surface area contributed by atoms with Crippen LogP contribution in [0.4, 0.5) is 35.2 Å². The van der Waals surface area contributed by atoms with E-state index < -0.39 is 22.8 Å². The zero-order valence-electron chi connectivity index (χ0n) is 18.4. The fourth-order valence-corrected chi connectivity index (χ4v) is 3.40. The number of amides is 2. The summed E-state index contributed by atoms with van der Waals surface area (Å²) in [4.78, 5) is 21.0. The number of halogens is 4. The number of benzene rings is 3. The van der Waals surface area contributed by atoms with Crippen molar-refractivity contribution in [1.82, 2.24) is 9.97 Å². The maximum atomic E-state index is 13.0. The summed E-state index contributed by atoms with van der Waals surface area (Å²) in [5.74, 6) is 1.52. The molecule has 1 heterocycles. The molecule has 0 radical (unpaired) electrons. The van der Waals surface area contributed by atoms with E-state index in [1.165, 1.54) is 6.07 Å². The molecule has 12 heteroatoms. The average molecular weight is 518 g/mol. The summed E-state index contributed by atoms with van der Waals surface area (Å²) < 4.78 is 44.9. The standard InChI is InChI=1S/C24H19ClF3N5O3/c25-19-7-3-15(11-18(19)24(26,27)28)32-23(35)31-14-1-4-16(5-2-14)36-17-6-8-20-21(12-17)33-22(13-30-20)29-9-10-34/h1-8,11-13,34H,9-10H2,(H,29,33)(H2,31,32,35). The summed E-state index contributed by atoms with van der Waals surface area (Å²) in [7, 11) is 0. The van der Waals surface area contributed by atoms with Gasteiger partial charge in [-0.3, -0.25) is 4.98 Å². The van der Waals surface area contributed by atoms with Crippen LogP contribution in [-0.2, 0) is 6.18 Å². The topological polar surface area (TPSA) is 108 Å². The molecule has 2 amide bonds. The van der Waals surface area contributed by atoms with Gasteiger partial charge in [-0.1, -0.05) is 11.6 Å². The minimum Gasteiger partial charge on any atom is -0.457 e. The summed E-state index contributed by atoms with van der Waals surface area (Å²) in [5, 5.41) is 16.3. The monoisotopic (exact) mass is 517 g/mol. The van der Waals surface area contributed by atoms with Crippen LogP contribution in [0.5, 0.6) is 11.5 Å². The highest BCUT2D eigenvalue weighted by Crippen LogP contribution is 2.36. The molecule has 0 aliphatic rings. The van der Waals surface area contributed by atoms with E-state index in [-0.39, 0.29) is 12.3 Å². The van der Waals surface area contributed by atoms with Gasteiger partial charge in [0.15, 0.2) is 0 Å². The van der Waals surface area contributed by atoms with Crippen molar-refractivity contribution >= 4 is 45.9 Å². The minimum atomic E-state index is -4.64. The van der Waals surface area contributed by atoms with Gasteiger partial charge in [0.2, 0.25) is 0 Å². The number of aliphatic hydroxyl groups excluding tert-OH is 1. The van der Waals surface area contributed by atoms with Gasteiger partial charge in [-0.2, -0.15) is 13.2 Å². The molecule has 36 heavy (non-hydrogen) atoms. The van der Waals surface area contributed by atoms with Gasteiger partial charge < -0.3 is 25.8 Å². The van der Waals surface area contributed by atoms with E-state index in [4.69, 9.17) is 21.4 Å². The van der Waals surface area contributed by atoms with E-state index in [1.807, 2.05) is 0 Å². The number of hydrogen-bond acceptors (Lipinski definition) is 6. The van der Waals surface area contributed by atoms with Crippen LogP contribution in [0.2, 0.25) is 5.02 Å². The van der Waals surface area contributed by atoms with Crippen LogP contribution in [0, 0.1) is 0 Å². The number of nitrogens with zero attached hydrogens (tertiary/aromatic N) is 2. The number of hydrogen-bond donors (Lipinski definition) is 4. The molecule has 4 rings (SSSR count). The van der Waals surface area contributed by atoms with Crippen LogP contribution < -0.4 is 20.7 Å². The van der Waals surface area contributed by atoms with Gasteiger partial charge in [0.1, 0.15) is 17.3 Å². The zero-order valence-corrected chi connectivity index (χ0v) is 19.2. The Morgan fingerprint density at radius 3 is 2.36 bits per heavy atom. The molecule has 1 aromatic heterocycles. The number of anilines is 3. The van der Waals surface area contributed by atoms with Crippen LogP contribution in [0.1, 0.15) is 5.56 Å². The number of fused-ring (bicyclic) bond motifs is 1. The Balaban J connectivity index is 1.39. The van der Waals surface area contributed by atoms with Gasteiger partial charge in [-0.15, -0.1) is 0 Å². The van der Waals surface area contributed by atoms with E-state index in [1.54, 1.807) is 48.7 Å². The Morgan fingerprint density at radius 1 is 0.944 bits per heavy atom. The van der Waals surface area contributed by atoms with Crippen molar-refractivity contribution in [1.29, 1.82) is 0 Å². The van der Waals surface area contributed by atoms with Crippen LogP contribution in [-0.4, -0.2) is 34.3 Å². The van der Waals surface area contributed by atoms with Gasteiger partial charge in [0.05, 0.1) is 34.4 Å². The average Bonchev–Trinajstić information content (AvgIpc) is 2.84. The predicted molar refractivity (Wildman–Crippen MR) is 131 cm³/mol. The van der Waals surface area contributed by atoms with E-state index in [0.29, 0.717) is 40.6 Å². The quantitative estimate of drug-likeness (QED) is 0.234. The molecule has 0 spiro atoms. The number of urea groups is 1. The highest BCUT2D eigenvalue weighted by atomic mass is 35.5. The van der Waals surface area contributed by atoms with Crippen molar-refractivity contribution in [3.8, 4) is 11.5 Å². The van der Waals surface area contributed by atoms with Crippen LogP contribution in [0.3, 0.4) is 0 Å². The molecule has 4 N–H and O–H groups in total. The van der Waals surface area contributed by atoms with Gasteiger partial charge in [-0.25, -0.2) is 9.78 Å². The molecule has 3 aromatic carbocycles. The third-order valence-corrected chi connectivity index (χ3v) is 5.14. The van der Waals surface area contributed by atoms with E-state index in [0.717, 1.165) is 12.1 Å². The Kier molecular flexibility index (Phi) is 7.41. The summed E-state index contributed by atoms with van der Waals surface area (Å²) >= 11 is 5.60. The number of aromatic nitrogens is 2. The number of ether oxygens (including phenoxy) is 1. The van der Waals surface area contributed by atoms with Gasteiger partial charge >= 0.3 is 12.2 Å². The first-order valence-corrected chi connectivity index (χ1v) is 10.9. The van der Waals surface area contributed by atoms with Crippen LogP contribution >= 0.6 is 11.6 Å². The molecule has 8 nitrogen and oxygen atoms in total. The predicted octanol–water partition coefficient (Wildman–Crippen LogP) is 6.14. The third kappa shape index (κ3) is 6.32. The molecule has 0 saturated heterocycles. The molecule has 0 saturated carbocycles. The van der Waals surface area contributed by atoms with E-state index in [9.17, 15) is 18.0 Å². The van der Waals surface area contributed by atoms with E-state index in [2.05, 4.69) is 25.9 Å². The molecular weight excluding hydrogens is 499 g/mol. The van der Waals surface area contributed by atoms with Crippen LogP contribution in [0.15, 0.2) is 66.9 Å². The molecule has 186 valence electrons. The first-order valence-electron chi connectivity index (χ1n) is 10.6. The van der Waals surface area contributed by atoms with Crippen molar-refractivity contribution in [2.45, 2.75) is 6.18 Å². The molecule has 0 fully saturated rings. The summed E-state index contributed by atoms with van der Waals surface area (Å²) in [6.07, 6.45) is -3.07. The normalized spacial score (nSPS) is 11.2. The number of nitrogens with one attached hydrogen (secondary N) is 3. The molecule has 0 aliphatic carbocycles. The number of alkyl halides is 3.